The van der Waals surface area contributed by atoms with Crippen molar-refractivity contribution in [2.75, 3.05) is 62.6 Å². The molecule has 0 spiro atoms. The number of allylic oxidation sites excluding steroid dienone is 1. The summed E-state index contributed by atoms with van der Waals surface area (Å²) in [7, 11) is 0. The Balaban J connectivity index is 0.971. The minimum atomic E-state index is -0.378. The van der Waals surface area contributed by atoms with E-state index >= 15 is 0 Å². The van der Waals surface area contributed by atoms with Crippen molar-refractivity contribution in [3.8, 4) is 6.07 Å². The van der Waals surface area contributed by atoms with Gasteiger partial charge in [0.25, 0.3) is 0 Å². The molecule has 0 bridgehead atoms. The highest BCUT2D eigenvalue weighted by Gasteiger charge is 2.46. The third-order valence-electron chi connectivity index (χ3n) is 10.9. The number of pyridine rings is 1. The molecule has 6 heterocycles. The predicted molar refractivity (Wildman–Crippen MR) is 199 cm³/mol. The summed E-state index contributed by atoms with van der Waals surface area (Å²) in [6.45, 7) is 15.8. The maximum absolute atomic E-state index is 13.1. The third-order valence-corrected chi connectivity index (χ3v) is 10.9. The number of aryl methyl sites for hydroxylation is 1. The molecule has 2 saturated heterocycles. The number of aromatic nitrogens is 7. The summed E-state index contributed by atoms with van der Waals surface area (Å²) in [6.07, 6.45) is 15.7. The van der Waals surface area contributed by atoms with Gasteiger partial charge in [0.2, 0.25) is 17.8 Å². The molecule has 2 amide bonds. The van der Waals surface area contributed by atoms with E-state index in [0.717, 1.165) is 56.6 Å². The molecule has 4 aromatic heterocycles. The molecule has 2 N–H and O–H groups in total. The molecule has 15 heteroatoms. The lowest BCUT2D eigenvalue weighted by molar-refractivity contribution is -0.133. The first-order valence-corrected chi connectivity index (χ1v) is 18.4. The second-order valence-electron chi connectivity index (χ2n) is 14.2. The minimum absolute atomic E-state index is 0.0116. The van der Waals surface area contributed by atoms with Crippen LogP contribution >= 0.6 is 0 Å². The molecule has 2 aliphatic heterocycles. The highest BCUT2D eigenvalue weighted by Crippen LogP contribution is 2.38. The Bertz CT molecular complexity index is 1880. The highest BCUT2D eigenvalue weighted by atomic mass is 16.2. The summed E-state index contributed by atoms with van der Waals surface area (Å²) >= 11 is 0. The van der Waals surface area contributed by atoms with Crippen molar-refractivity contribution in [2.45, 2.75) is 71.4 Å². The number of fused-ring (bicyclic) bond motifs is 1. The monoisotopic (exact) mass is 709 g/mol. The van der Waals surface area contributed by atoms with Crippen LogP contribution in [-0.4, -0.2) is 108 Å². The van der Waals surface area contributed by atoms with Crippen LogP contribution in [0.1, 0.15) is 58.4 Å². The smallest absolute Gasteiger partial charge is 0.247 e. The number of amides is 2. The van der Waals surface area contributed by atoms with Crippen molar-refractivity contribution in [1.29, 1.82) is 5.26 Å². The summed E-state index contributed by atoms with van der Waals surface area (Å²) in [6, 6.07) is 6.30. The number of hydrogen-bond donors (Lipinski definition) is 2. The van der Waals surface area contributed by atoms with Crippen LogP contribution in [0.3, 0.4) is 0 Å². The molecule has 2 fully saturated rings. The van der Waals surface area contributed by atoms with Crippen LogP contribution in [0.2, 0.25) is 0 Å². The maximum Gasteiger partial charge on any atom is 0.247 e. The zero-order valence-corrected chi connectivity index (χ0v) is 30.7. The Labute approximate surface area is 305 Å². The van der Waals surface area contributed by atoms with Gasteiger partial charge in [0.1, 0.15) is 12.1 Å². The van der Waals surface area contributed by atoms with Crippen LogP contribution in [0, 0.1) is 16.7 Å². The molecular weight excluding hydrogens is 658 g/mol. The summed E-state index contributed by atoms with van der Waals surface area (Å²) in [5, 5.41) is 29.5. The first-order chi connectivity index (χ1) is 25.2. The lowest BCUT2D eigenvalue weighted by Gasteiger charge is -2.50. The first kappa shape index (κ1) is 36.6. The van der Waals surface area contributed by atoms with Gasteiger partial charge in [0.05, 0.1) is 36.3 Å². The first-order valence-electron chi connectivity index (χ1n) is 18.4. The molecule has 4 aromatic rings. The fourth-order valence-electron chi connectivity index (χ4n) is 7.34. The zero-order valence-electron chi connectivity index (χ0n) is 30.7. The molecule has 15 nitrogen and oxygen atoms in total. The summed E-state index contributed by atoms with van der Waals surface area (Å²) in [5.41, 5.74) is 3.07. The molecule has 0 atom stereocenters. The lowest BCUT2D eigenvalue weighted by Crippen LogP contribution is -2.63. The van der Waals surface area contributed by atoms with Crippen molar-refractivity contribution in [3.05, 3.63) is 61.3 Å². The van der Waals surface area contributed by atoms with E-state index < -0.39 is 0 Å². The third kappa shape index (κ3) is 7.97. The van der Waals surface area contributed by atoms with Gasteiger partial charge in [0, 0.05) is 77.4 Å². The van der Waals surface area contributed by atoms with Gasteiger partial charge in [-0.25, -0.2) is 4.52 Å². The predicted octanol–water partition coefficient (Wildman–Crippen LogP) is 3.59. The van der Waals surface area contributed by atoms with E-state index in [0.29, 0.717) is 62.8 Å². The van der Waals surface area contributed by atoms with E-state index in [1.54, 1.807) is 21.6 Å². The minimum Gasteiger partial charge on any atom is -0.363 e. The average Bonchev–Trinajstić information content (AvgIpc) is 3.90. The molecule has 0 unspecified atom stereocenters. The van der Waals surface area contributed by atoms with Crippen molar-refractivity contribution < 1.29 is 9.59 Å². The van der Waals surface area contributed by atoms with Gasteiger partial charge in [-0.05, 0) is 48.8 Å². The number of carbonyl (C=O) groups excluding carboxylic acids is 2. The fourth-order valence-corrected chi connectivity index (χ4v) is 7.34. The zero-order chi connectivity index (χ0) is 36.7. The van der Waals surface area contributed by atoms with Gasteiger partial charge < -0.3 is 20.4 Å². The summed E-state index contributed by atoms with van der Waals surface area (Å²) < 4.78 is 5.31. The summed E-state index contributed by atoms with van der Waals surface area (Å²) in [4.78, 5) is 36.9. The van der Waals surface area contributed by atoms with E-state index in [1.165, 1.54) is 0 Å². The maximum atomic E-state index is 13.1. The quantitative estimate of drug-likeness (QED) is 0.155. The number of rotatable bonds is 17. The van der Waals surface area contributed by atoms with Crippen LogP contribution in [0.15, 0.2) is 55.8 Å². The van der Waals surface area contributed by atoms with Crippen molar-refractivity contribution in [1.82, 2.24) is 49.3 Å². The number of anilines is 3. The molecular formula is C37H51N13O2. The molecule has 6 rings (SSSR count). The lowest BCUT2D eigenvalue weighted by atomic mass is 9.76. The Morgan fingerprint density at radius 2 is 1.88 bits per heavy atom. The van der Waals surface area contributed by atoms with Crippen LogP contribution in [0.25, 0.3) is 5.65 Å². The van der Waals surface area contributed by atoms with Gasteiger partial charge in [-0.15, -0.1) is 11.7 Å². The Kier molecular flexibility index (Phi) is 11.2. The normalized spacial score (nSPS) is 16.0. The van der Waals surface area contributed by atoms with Crippen LogP contribution in [0.5, 0.6) is 0 Å². The van der Waals surface area contributed by atoms with E-state index in [-0.39, 0.29) is 29.3 Å². The fraction of sp³-hybridized carbons (Fsp3) is 0.541. The molecule has 276 valence electrons. The van der Waals surface area contributed by atoms with Crippen LogP contribution in [-0.2, 0) is 28.1 Å². The van der Waals surface area contributed by atoms with Gasteiger partial charge in [-0.2, -0.15) is 20.4 Å². The number of carbonyl (C=O) groups is 2. The van der Waals surface area contributed by atoms with Crippen molar-refractivity contribution in [3.63, 3.8) is 0 Å². The molecule has 2 aliphatic rings. The largest absolute Gasteiger partial charge is 0.363 e. The topological polar surface area (TPSA) is 158 Å². The highest BCUT2D eigenvalue weighted by molar-refractivity contribution is 5.77. The van der Waals surface area contributed by atoms with E-state index in [4.69, 9.17) is 4.98 Å². The van der Waals surface area contributed by atoms with Gasteiger partial charge in [0.15, 0.2) is 5.65 Å². The number of hydrogen-bond acceptors (Lipinski definition) is 10. The van der Waals surface area contributed by atoms with Crippen molar-refractivity contribution in [2.24, 2.45) is 5.41 Å². The van der Waals surface area contributed by atoms with Gasteiger partial charge in [-0.3, -0.25) is 23.9 Å². The van der Waals surface area contributed by atoms with Gasteiger partial charge >= 0.3 is 0 Å². The van der Waals surface area contributed by atoms with Gasteiger partial charge in [-0.1, -0.05) is 26.8 Å². The standard InChI is InChI=1S/C37H51N13O2/c1-5-11-36(7-3,8-4)21-32(51)39-14-16-45-17-19-46(20-18-45)33(52)26-48-25-30(23-40-48)42-35-43-34-31(10-9-15-49(34)44-35)47-27-37(28-47,12-13-38)50-24-29(6-2)22-41-50/h5,9-10,15,22-25H,1,6-8,11-12,14,16-21,26-28H2,2-4H3,(H,39,51)(H,42,44). The number of nitrogens with zero attached hydrogens (tertiary/aromatic N) is 11. The average molecular weight is 710 g/mol. The van der Waals surface area contributed by atoms with Crippen molar-refractivity contribution >= 4 is 34.8 Å². The second kappa shape index (κ2) is 16.0. The Morgan fingerprint density at radius 3 is 2.58 bits per heavy atom. The van der Waals surface area contributed by atoms with Crippen LogP contribution in [0.4, 0.5) is 17.3 Å². The van der Waals surface area contributed by atoms with Crippen LogP contribution < -0.4 is 15.5 Å². The van der Waals surface area contributed by atoms with E-state index in [1.807, 2.05) is 46.4 Å². The molecule has 52 heavy (non-hydrogen) atoms. The second-order valence-corrected chi connectivity index (χ2v) is 14.2. The number of nitrogens with one attached hydrogen (secondary N) is 2. The number of piperazine rings is 1. The summed E-state index contributed by atoms with van der Waals surface area (Å²) in [5.74, 6) is 0.525. The molecule has 0 saturated carbocycles. The molecule has 0 aliphatic carbocycles. The molecule has 0 aromatic carbocycles. The SMILES string of the molecule is C=CCC(CC)(CC)CC(=O)NCCN1CCN(C(=O)Cn2cc(Nc3nc4c(N5CC(CC#N)(n6cc(CC)cn6)C5)cccn4n3)cn2)CC1. The Morgan fingerprint density at radius 1 is 1.10 bits per heavy atom. The molecule has 0 radical (unpaired) electrons. The van der Waals surface area contributed by atoms with E-state index in [2.05, 4.69) is 69.1 Å². The number of nitriles is 1. The Hall–Kier alpha value is -5.23. The van der Waals surface area contributed by atoms with E-state index in [9.17, 15) is 14.9 Å².